The first-order chi connectivity index (χ1) is 21.6. The van der Waals surface area contributed by atoms with Gasteiger partial charge >= 0.3 is 60.4 Å². The van der Waals surface area contributed by atoms with Crippen LogP contribution in [0.15, 0.2) is 182 Å². The molecule has 0 saturated carbocycles. The normalized spacial score (nSPS) is 11.6. The molecule has 0 spiro atoms. The Hall–Kier alpha value is -1.51. The van der Waals surface area contributed by atoms with Gasteiger partial charge in [0.1, 0.15) is 0 Å². The predicted octanol–water partition coefficient (Wildman–Crippen LogP) is 9.65. The number of hydrogen-bond donors (Lipinski definition) is 0. The molecule has 9 heteroatoms. The first-order valence-corrected chi connectivity index (χ1v) is 38.1. The maximum absolute atomic E-state index is 13.8. The molecule has 0 aliphatic heterocycles. The van der Waals surface area contributed by atoms with Crippen LogP contribution in [0, 0.1) is 0 Å². The van der Waals surface area contributed by atoms with Gasteiger partial charge in [-0.05, 0) is 0 Å². The maximum Gasteiger partial charge on any atom is 0.171 e. The van der Waals surface area contributed by atoms with Crippen LogP contribution in [-0.2, 0) is 9.13 Å². The summed E-state index contributed by atoms with van der Waals surface area (Å²) in [6, 6.07) is 58.3. The van der Waals surface area contributed by atoms with Gasteiger partial charge in [-0.15, -0.1) is 0 Å². The van der Waals surface area contributed by atoms with Crippen LogP contribution in [0.3, 0.4) is 0 Å². The zero-order chi connectivity index (χ0) is 32.2. The van der Waals surface area contributed by atoms with Gasteiger partial charge in [-0.3, -0.25) is 0 Å². The van der Waals surface area contributed by atoms with Crippen molar-refractivity contribution in [1.29, 1.82) is 0 Å². The van der Waals surface area contributed by atoms with Crippen molar-refractivity contribution in [2.24, 2.45) is 0 Å². The smallest absolute Gasteiger partial charge is 0.171 e. The summed E-state index contributed by atoms with van der Waals surface area (Å²) in [4.78, 5) is 0. The third-order valence-corrected chi connectivity index (χ3v) is 12.9. The first kappa shape index (κ1) is 36.3. The Morgan fingerprint density at radius 3 is 0.511 bits per heavy atom. The minimum absolute atomic E-state index is 0.873. The molecular formula is C36H30Br4O2P2Te. The number of benzene rings is 6. The molecule has 45 heavy (non-hydrogen) atoms. The van der Waals surface area contributed by atoms with Crippen LogP contribution >= 0.6 is 65.3 Å². The van der Waals surface area contributed by atoms with Gasteiger partial charge < -0.3 is 9.13 Å². The number of rotatable bonds is 6. The van der Waals surface area contributed by atoms with E-state index in [0.717, 1.165) is 31.8 Å². The van der Waals surface area contributed by atoms with Crippen molar-refractivity contribution in [1.82, 2.24) is 0 Å². The molecule has 0 amide bonds. The largest absolute Gasteiger partial charge is 0.309 e. The Kier molecular flexibility index (Phi) is 14.2. The van der Waals surface area contributed by atoms with Crippen LogP contribution < -0.4 is 31.8 Å². The Morgan fingerprint density at radius 1 is 0.289 bits per heavy atom. The zero-order valence-electron chi connectivity index (χ0n) is 24.0. The summed E-state index contributed by atoms with van der Waals surface area (Å²) >= 11 is 13.3. The second-order valence-corrected chi connectivity index (χ2v) is 78.1. The van der Waals surface area contributed by atoms with Crippen molar-refractivity contribution in [3.8, 4) is 0 Å². The molecule has 0 bridgehead atoms. The monoisotopic (exact) mass is 1000 g/mol. The minimum atomic E-state index is -2.78. The van der Waals surface area contributed by atoms with E-state index in [9.17, 15) is 9.13 Å². The fourth-order valence-corrected chi connectivity index (χ4v) is 10.1. The molecular weight excluding hydrogens is 974 g/mol. The molecule has 0 atom stereocenters. The Labute approximate surface area is 294 Å². The van der Waals surface area contributed by atoms with E-state index in [1.165, 1.54) is 0 Å². The van der Waals surface area contributed by atoms with Crippen molar-refractivity contribution in [2.45, 2.75) is 0 Å². The number of hydrogen-bond acceptors (Lipinski definition) is 2. The predicted molar refractivity (Wildman–Crippen MR) is 213 cm³/mol. The molecule has 0 aromatic heterocycles. The van der Waals surface area contributed by atoms with Gasteiger partial charge in [0, 0.05) is 31.8 Å². The first-order valence-electron chi connectivity index (χ1n) is 13.8. The van der Waals surface area contributed by atoms with E-state index in [0.29, 0.717) is 0 Å². The van der Waals surface area contributed by atoms with E-state index in [-0.39, 0.29) is 0 Å². The molecule has 230 valence electrons. The third-order valence-electron chi connectivity index (χ3n) is 6.72. The van der Waals surface area contributed by atoms with Crippen molar-refractivity contribution < 1.29 is 9.13 Å². The molecule has 6 rings (SSSR count). The fourth-order valence-electron chi connectivity index (χ4n) is 4.72. The molecule has 0 radical (unpaired) electrons. The van der Waals surface area contributed by atoms with Crippen LogP contribution in [-0.4, -0.2) is 9.35 Å². The van der Waals surface area contributed by atoms with Gasteiger partial charge in [0.2, 0.25) is 0 Å². The van der Waals surface area contributed by atoms with Crippen LogP contribution in [0.1, 0.15) is 0 Å². The summed E-state index contributed by atoms with van der Waals surface area (Å²) in [5, 5.41) is 5.24. The zero-order valence-corrected chi connectivity index (χ0v) is 34.4. The van der Waals surface area contributed by atoms with Gasteiger partial charge in [-0.2, -0.15) is 0 Å². The standard InChI is InChI=1S/2C18H15OP.Br4Te/c2*19-20(16-10-4-1-5-11-16,17-12-6-2-7-13-17)18-14-8-3-9-15-18;1-5(2,3)4/h2*1-15H;. The van der Waals surface area contributed by atoms with E-state index in [1.54, 1.807) is 0 Å². The molecule has 0 aliphatic carbocycles. The fraction of sp³-hybridized carbons (Fsp3) is 0. The molecule has 0 N–H and O–H groups in total. The van der Waals surface area contributed by atoms with Gasteiger partial charge in [-0.1, -0.05) is 182 Å². The third kappa shape index (κ3) is 10.2. The average molecular weight is 1000 g/mol. The summed E-state index contributed by atoms with van der Waals surface area (Å²) in [7, 11) is -7.32. The molecule has 2 nitrogen and oxygen atoms in total. The van der Waals surface area contributed by atoms with E-state index in [2.05, 4.69) is 51.0 Å². The molecule has 6 aromatic rings. The summed E-state index contributed by atoms with van der Waals surface area (Å²) in [6.45, 7) is 0. The van der Waals surface area contributed by atoms with Crippen molar-refractivity contribution in [3.05, 3.63) is 182 Å². The van der Waals surface area contributed by atoms with E-state index >= 15 is 0 Å². The van der Waals surface area contributed by atoms with E-state index in [4.69, 9.17) is 0 Å². The van der Waals surface area contributed by atoms with Crippen LogP contribution in [0.25, 0.3) is 0 Å². The minimum Gasteiger partial charge on any atom is -0.309 e. The van der Waals surface area contributed by atoms with Crippen molar-refractivity contribution in [2.75, 3.05) is 0 Å². The SMILES string of the molecule is Br[Te](Br)(Br)Br.O=P(c1ccccc1)(c1ccccc1)c1ccccc1.O=P(c1ccccc1)(c1ccccc1)c1ccccc1. The summed E-state index contributed by atoms with van der Waals surface area (Å²) in [5.41, 5.74) is 0. The van der Waals surface area contributed by atoms with Gasteiger partial charge in [0.05, 0.1) is 0 Å². The van der Waals surface area contributed by atoms with Crippen LogP contribution in [0.5, 0.6) is 0 Å². The molecule has 0 aliphatic rings. The topological polar surface area (TPSA) is 34.1 Å². The Balaban J connectivity index is 0.000000179. The molecule has 0 fully saturated rings. The quantitative estimate of drug-likeness (QED) is 0.123. The average Bonchev–Trinajstić information content (AvgIpc) is 3.09. The molecule has 0 unspecified atom stereocenters. The second kappa shape index (κ2) is 17.6. The number of halogens is 4. The maximum atomic E-state index is 13.8. The van der Waals surface area contributed by atoms with Crippen LogP contribution in [0.2, 0.25) is 0 Å². The van der Waals surface area contributed by atoms with E-state index in [1.807, 2.05) is 182 Å². The molecule has 0 heterocycles. The van der Waals surface area contributed by atoms with Crippen molar-refractivity contribution in [3.63, 3.8) is 0 Å². The van der Waals surface area contributed by atoms with Crippen molar-refractivity contribution >= 4 is 106 Å². The molecule has 6 aromatic carbocycles. The second-order valence-electron chi connectivity index (χ2n) is 9.58. The van der Waals surface area contributed by atoms with Gasteiger partial charge in [0.15, 0.2) is 14.3 Å². The summed E-state index contributed by atoms with van der Waals surface area (Å²) < 4.78 is 27.6. The van der Waals surface area contributed by atoms with E-state index < -0.39 is 23.6 Å². The van der Waals surface area contributed by atoms with Crippen LogP contribution in [0.4, 0.5) is 0 Å². The summed E-state index contributed by atoms with van der Waals surface area (Å²) in [6.07, 6.45) is 0. The molecule has 0 saturated heterocycles. The summed E-state index contributed by atoms with van der Waals surface area (Å²) in [5.74, 6) is 0. The Morgan fingerprint density at radius 2 is 0.400 bits per heavy atom. The van der Waals surface area contributed by atoms with Gasteiger partial charge in [-0.25, -0.2) is 0 Å². The Bertz CT molecular complexity index is 1480. The van der Waals surface area contributed by atoms with Gasteiger partial charge in [0.25, 0.3) is 0 Å².